The van der Waals surface area contributed by atoms with Gasteiger partial charge < -0.3 is 5.11 Å². The molecule has 0 aromatic heterocycles. The van der Waals surface area contributed by atoms with Gasteiger partial charge in [0.15, 0.2) is 0 Å². The molecule has 0 amide bonds. The second-order valence-corrected chi connectivity index (χ2v) is 3.20. The Labute approximate surface area is 68.9 Å². The minimum Gasteiger partial charge on any atom is -0.481 e. The zero-order valence-corrected chi connectivity index (χ0v) is 7.85. The third-order valence-corrected chi connectivity index (χ3v) is 0.583. The van der Waals surface area contributed by atoms with Crippen molar-refractivity contribution in [1.82, 2.24) is 0 Å². The molecule has 0 aliphatic carbocycles. The third-order valence-electron chi connectivity index (χ3n) is 0.583. The molecule has 1 N–H and O–H groups in total. The fourth-order valence-corrected chi connectivity index (χ4v) is 0.349. The van der Waals surface area contributed by atoms with Crippen molar-refractivity contribution in [3.8, 4) is 0 Å². The summed E-state index contributed by atoms with van der Waals surface area (Å²) in [5.74, 6) is -0.438. The van der Waals surface area contributed by atoms with E-state index in [9.17, 15) is 4.79 Å². The van der Waals surface area contributed by atoms with Crippen LogP contribution in [-0.4, -0.2) is 11.1 Å². The molecular formula is C9H18O2. The molecule has 0 spiro atoms. The van der Waals surface area contributed by atoms with Gasteiger partial charge in [-0.05, 0) is 19.8 Å². The Kier molecular flexibility index (Phi) is 8.55. The van der Waals surface area contributed by atoms with Crippen molar-refractivity contribution in [2.75, 3.05) is 0 Å². The standard InChI is InChI=1S/C5H10O2.C4H8/c1-4(2)3-5(6)7;1-4(2)3/h4H,3H2,1-2H3,(H,6,7);1H2,2-3H3. The highest BCUT2D eigenvalue weighted by Gasteiger charge is 1.98. The van der Waals surface area contributed by atoms with E-state index in [4.69, 9.17) is 5.11 Å². The van der Waals surface area contributed by atoms with Crippen molar-refractivity contribution in [3.05, 3.63) is 12.2 Å². The number of carboxylic acids is 1. The molecule has 0 heterocycles. The average Bonchev–Trinajstić information content (AvgIpc) is 1.56. The van der Waals surface area contributed by atoms with Gasteiger partial charge in [0.25, 0.3) is 0 Å². The van der Waals surface area contributed by atoms with Gasteiger partial charge in [0, 0.05) is 6.42 Å². The second kappa shape index (κ2) is 7.32. The molecule has 0 saturated heterocycles. The topological polar surface area (TPSA) is 37.3 Å². The van der Waals surface area contributed by atoms with Crippen LogP contribution in [-0.2, 0) is 4.79 Å². The predicted molar refractivity (Wildman–Crippen MR) is 47.6 cm³/mol. The number of hydrogen-bond acceptors (Lipinski definition) is 1. The molecule has 0 rings (SSSR count). The van der Waals surface area contributed by atoms with E-state index in [0.29, 0.717) is 0 Å². The van der Waals surface area contributed by atoms with Crippen molar-refractivity contribution >= 4 is 5.97 Å². The Morgan fingerprint density at radius 1 is 1.45 bits per heavy atom. The predicted octanol–water partition coefficient (Wildman–Crippen LogP) is 2.70. The normalized spacial score (nSPS) is 8.45. The molecule has 0 aromatic carbocycles. The fourth-order valence-electron chi connectivity index (χ4n) is 0.349. The molecule has 2 heteroatoms. The van der Waals surface area contributed by atoms with Crippen molar-refractivity contribution in [3.63, 3.8) is 0 Å². The van der Waals surface area contributed by atoms with Crippen LogP contribution >= 0.6 is 0 Å². The van der Waals surface area contributed by atoms with Crippen LogP contribution in [0.5, 0.6) is 0 Å². The lowest BCUT2D eigenvalue weighted by atomic mass is 10.1. The molecule has 0 fully saturated rings. The lowest BCUT2D eigenvalue weighted by molar-refractivity contribution is -0.137. The highest BCUT2D eigenvalue weighted by atomic mass is 16.4. The van der Waals surface area contributed by atoms with Crippen LogP contribution in [0, 0.1) is 5.92 Å². The second-order valence-electron chi connectivity index (χ2n) is 3.20. The first-order chi connectivity index (χ1) is 4.86. The SMILES string of the molecule is C=C(C)C.CC(C)CC(=O)O. The first-order valence-corrected chi connectivity index (χ1v) is 3.70. The molecular weight excluding hydrogens is 140 g/mol. The smallest absolute Gasteiger partial charge is 0.303 e. The van der Waals surface area contributed by atoms with Gasteiger partial charge in [0.2, 0.25) is 0 Å². The molecule has 66 valence electrons. The van der Waals surface area contributed by atoms with Gasteiger partial charge in [-0.2, -0.15) is 0 Å². The molecule has 0 radical (unpaired) electrons. The summed E-state index contributed by atoms with van der Waals surface area (Å²) in [4.78, 5) is 9.81. The van der Waals surface area contributed by atoms with Crippen molar-refractivity contribution < 1.29 is 9.90 Å². The van der Waals surface area contributed by atoms with Gasteiger partial charge in [-0.15, -0.1) is 6.58 Å². The third kappa shape index (κ3) is 46.5. The molecule has 0 aromatic rings. The summed E-state index contributed by atoms with van der Waals surface area (Å²) in [5, 5.41) is 8.08. The minimum atomic E-state index is -0.713. The summed E-state index contributed by atoms with van der Waals surface area (Å²) in [6.07, 6.45) is 0.278. The summed E-state index contributed by atoms with van der Waals surface area (Å²) in [7, 11) is 0. The van der Waals surface area contributed by atoms with E-state index >= 15 is 0 Å². The van der Waals surface area contributed by atoms with Crippen LogP contribution in [0.3, 0.4) is 0 Å². The molecule has 0 atom stereocenters. The van der Waals surface area contributed by atoms with Crippen molar-refractivity contribution in [2.24, 2.45) is 5.92 Å². The number of aliphatic carboxylic acids is 1. The average molecular weight is 158 g/mol. The zero-order valence-electron chi connectivity index (χ0n) is 7.85. The van der Waals surface area contributed by atoms with Crippen LogP contribution < -0.4 is 0 Å². The van der Waals surface area contributed by atoms with Crippen molar-refractivity contribution in [1.29, 1.82) is 0 Å². The highest BCUT2D eigenvalue weighted by molar-refractivity contribution is 5.66. The first-order valence-electron chi connectivity index (χ1n) is 3.70. The maximum Gasteiger partial charge on any atom is 0.303 e. The molecule has 0 unspecified atom stereocenters. The summed E-state index contributed by atoms with van der Waals surface area (Å²) in [6.45, 7) is 11.3. The summed E-state index contributed by atoms with van der Waals surface area (Å²) >= 11 is 0. The maximum atomic E-state index is 9.81. The van der Waals surface area contributed by atoms with Gasteiger partial charge in [0.05, 0.1) is 0 Å². The van der Waals surface area contributed by atoms with Crippen LogP contribution in [0.2, 0.25) is 0 Å². The van der Waals surface area contributed by atoms with E-state index in [2.05, 4.69) is 6.58 Å². The van der Waals surface area contributed by atoms with Crippen LogP contribution in [0.4, 0.5) is 0 Å². The number of carbonyl (C=O) groups is 1. The Morgan fingerprint density at radius 3 is 1.73 bits per heavy atom. The lowest BCUT2D eigenvalue weighted by Crippen LogP contribution is -1.99. The van der Waals surface area contributed by atoms with E-state index in [1.165, 1.54) is 5.57 Å². The molecule has 0 saturated carbocycles. The molecule has 0 aliphatic rings. The van der Waals surface area contributed by atoms with Crippen LogP contribution in [0.15, 0.2) is 12.2 Å². The van der Waals surface area contributed by atoms with Crippen LogP contribution in [0.1, 0.15) is 34.1 Å². The largest absolute Gasteiger partial charge is 0.481 e. The Bertz CT molecular complexity index is 122. The van der Waals surface area contributed by atoms with E-state index in [-0.39, 0.29) is 12.3 Å². The number of allylic oxidation sites excluding steroid dienone is 1. The Balaban J connectivity index is 0. The molecule has 11 heavy (non-hydrogen) atoms. The Hall–Kier alpha value is -0.790. The van der Waals surface area contributed by atoms with Gasteiger partial charge in [-0.25, -0.2) is 0 Å². The summed E-state index contributed by atoms with van der Waals surface area (Å²) in [5.41, 5.74) is 1.17. The number of carboxylic acid groups (broad SMARTS) is 1. The highest BCUT2D eigenvalue weighted by Crippen LogP contribution is 1.96. The number of rotatable bonds is 2. The maximum absolute atomic E-state index is 9.81. The van der Waals surface area contributed by atoms with Gasteiger partial charge in [-0.1, -0.05) is 19.4 Å². The van der Waals surface area contributed by atoms with Gasteiger partial charge >= 0.3 is 5.97 Å². The van der Waals surface area contributed by atoms with Gasteiger partial charge in [-0.3, -0.25) is 4.79 Å². The molecule has 2 nitrogen and oxygen atoms in total. The van der Waals surface area contributed by atoms with E-state index in [1.807, 2.05) is 27.7 Å². The fraction of sp³-hybridized carbons (Fsp3) is 0.667. The molecule has 0 aliphatic heterocycles. The first kappa shape index (κ1) is 12.8. The van der Waals surface area contributed by atoms with E-state index < -0.39 is 5.97 Å². The van der Waals surface area contributed by atoms with E-state index in [1.54, 1.807) is 0 Å². The number of hydrogen-bond donors (Lipinski definition) is 1. The molecule has 0 bridgehead atoms. The minimum absolute atomic E-state index is 0.275. The summed E-state index contributed by atoms with van der Waals surface area (Å²) in [6, 6.07) is 0. The van der Waals surface area contributed by atoms with E-state index in [0.717, 1.165) is 0 Å². The summed E-state index contributed by atoms with van der Waals surface area (Å²) < 4.78 is 0. The quantitative estimate of drug-likeness (QED) is 0.627. The zero-order chi connectivity index (χ0) is 9.44. The van der Waals surface area contributed by atoms with Crippen molar-refractivity contribution in [2.45, 2.75) is 34.1 Å². The van der Waals surface area contributed by atoms with Gasteiger partial charge in [0.1, 0.15) is 0 Å². The monoisotopic (exact) mass is 158 g/mol. The van der Waals surface area contributed by atoms with Crippen LogP contribution in [0.25, 0.3) is 0 Å². The lowest BCUT2D eigenvalue weighted by Gasteiger charge is -1.94. The Morgan fingerprint density at radius 2 is 1.73 bits per heavy atom.